The number of benzene rings is 2. The first kappa shape index (κ1) is 22.8. The minimum atomic E-state index is -1.46. The Morgan fingerprint density at radius 3 is 2.18 bits per heavy atom. The Morgan fingerprint density at radius 2 is 1.56 bits per heavy atom. The van der Waals surface area contributed by atoms with Crippen LogP contribution >= 0.6 is 0 Å². The fourth-order valence-corrected chi connectivity index (χ4v) is 3.96. The summed E-state index contributed by atoms with van der Waals surface area (Å²) in [4.78, 5) is 53.0. The van der Waals surface area contributed by atoms with E-state index < -0.39 is 28.2 Å². The number of piperazine rings is 1. The summed E-state index contributed by atoms with van der Waals surface area (Å²) >= 11 is 0. The van der Waals surface area contributed by atoms with Crippen LogP contribution in [0.25, 0.3) is 0 Å². The highest BCUT2D eigenvalue weighted by molar-refractivity contribution is 6.12. The highest BCUT2D eigenvalue weighted by Gasteiger charge is 2.35. The van der Waals surface area contributed by atoms with Gasteiger partial charge in [0, 0.05) is 56.1 Å². The van der Waals surface area contributed by atoms with Gasteiger partial charge in [0.15, 0.2) is 11.8 Å². The Hall–Kier alpha value is -4.34. The molecule has 1 aliphatic rings. The molecule has 0 bridgehead atoms. The molecule has 1 fully saturated rings. The number of hydrogen-bond acceptors (Lipinski definition) is 6. The van der Waals surface area contributed by atoms with Crippen molar-refractivity contribution >= 4 is 23.1 Å². The molecular weight excluding hydrogens is 443 g/mol. The molecular formula is C24H21FN4O5. The van der Waals surface area contributed by atoms with Crippen molar-refractivity contribution in [3.63, 3.8) is 0 Å². The lowest BCUT2D eigenvalue weighted by Gasteiger charge is -2.37. The molecule has 0 saturated carbocycles. The summed E-state index contributed by atoms with van der Waals surface area (Å²) in [6, 6.07) is 14.1. The largest absolute Gasteiger partial charge is 0.366 e. The Bertz CT molecular complexity index is 1280. The third-order valence-corrected chi connectivity index (χ3v) is 5.76. The van der Waals surface area contributed by atoms with E-state index in [1.165, 1.54) is 53.6 Å². The number of pyridine rings is 1. The third-order valence-electron chi connectivity index (χ3n) is 5.76. The number of nitro benzene ring substituents is 1. The summed E-state index contributed by atoms with van der Waals surface area (Å²) in [6.45, 7) is 1.18. The summed E-state index contributed by atoms with van der Waals surface area (Å²) in [5.41, 5.74) is -0.209. The number of hydrogen-bond donors (Lipinski definition) is 0. The lowest BCUT2D eigenvalue weighted by molar-refractivity contribution is -0.384. The number of anilines is 1. The van der Waals surface area contributed by atoms with E-state index in [0.29, 0.717) is 18.8 Å². The molecule has 10 heteroatoms. The smallest absolute Gasteiger partial charge is 0.269 e. The molecule has 3 aromatic rings. The fraction of sp³-hybridized carbons (Fsp3) is 0.208. The van der Waals surface area contributed by atoms with E-state index in [2.05, 4.69) is 0 Å². The van der Waals surface area contributed by atoms with Crippen molar-refractivity contribution in [3.8, 4) is 0 Å². The van der Waals surface area contributed by atoms with Gasteiger partial charge in [0.05, 0.1) is 10.6 Å². The summed E-state index contributed by atoms with van der Waals surface area (Å²) in [7, 11) is 0. The maximum absolute atomic E-state index is 14.1. The van der Waals surface area contributed by atoms with Crippen LogP contribution in [0.4, 0.5) is 15.8 Å². The van der Waals surface area contributed by atoms with Crippen LogP contribution in [-0.2, 0) is 4.79 Å². The van der Waals surface area contributed by atoms with Crippen LogP contribution < -0.4 is 10.5 Å². The van der Waals surface area contributed by atoms with E-state index in [1.807, 2.05) is 4.90 Å². The second-order valence-corrected chi connectivity index (χ2v) is 7.78. The predicted molar refractivity (Wildman–Crippen MR) is 122 cm³/mol. The van der Waals surface area contributed by atoms with Crippen molar-refractivity contribution in [1.82, 2.24) is 9.47 Å². The van der Waals surface area contributed by atoms with Crippen LogP contribution in [0.1, 0.15) is 16.4 Å². The number of nitrogens with zero attached hydrogens (tertiary/aromatic N) is 4. The van der Waals surface area contributed by atoms with Gasteiger partial charge in [0.2, 0.25) is 0 Å². The summed E-state index contributed by atoms with van der Waals surface area (Å²) in [5.74, 6) is -1.57. The summed E-state index contributed by atoms with van der Waals surface area (Å²) < 4.78 is 15.2. The molecule has 1 amide bonds. The minimum absolute atomic E-state index is 0.0738. The number of ketones is 1. The van der Waals surface area contributed by atoms with E-state index in [-0.39, 0.29) is 30.2 Å². The number of rotatable bonds is 6. The highest BCUT2D eigenvalue weighted by atomic mass is 19.1. The quantitative estimate of drug-likeness (QED) is 0.240. The lowest BCUT2D eigenvalue weighted by atomic mass is 10.0. The molecule has 4 rings (SSSR count). The first-order valence-electron chi connectivity index (χ1n) is 10.6. The monoisotopic (exact) mass is 464 g/mol. The summed E-state index contributed by atoms with van der Waals surface area (Å²) in [6.07, 6.45) is 1.36. The molecule has 34 heavy (non-hydrogen) atoms. The van der Waals surface area contributed by atoms with Gasteiger partial charge in [0.25, 0.3) is 17.2 Å². The van der Waals surface area contributed by atoms with Gasteiger partial charge in [0.1, 0.15) is 5.82 Å². The van der Waals surface area contributed by atoms with Crippen molar-refractivity contribution in [3.05, 3.63) is 105 Å². The maximum atomic E-state index is 14.1. The Morgan fingerprint density at radius 1 is 0.912 bits per heavy atom. The average Bonchev–Trinajstić information content (AvgIpc) is 2.85. The van der Waals surface area contributed by atoms with Crippen LogP contribution in [0.3, 0.4) is 0 Å². The van der Waals surface area contributed by atoms with Crippen molar-refractivity contribution in [1.29, 1.82) is 0 Å². The molecule has 9 nitrogen and oxygen atoms in total. The minimum Gasteiger partial charge on any atom is -0.366 e. The van der Waals surface area contributed by atoms with Crippen LogP contribution in [0, 0.1) is 15.9 Å². The van der Waals surface area contributed by atoms with Crippen LogP contribution in [-0.4, -0.2) is 52.3 Å². The maximum Gasteiger partial charge on any atom is 0.269 e. The molecule has 0 radical (unpaired) electrons. The Kier molecular flexibility index (Phi) is 6.48. The molecule has 0 N–H and O–H groups in total. The molecule has 0 spiro atoms. The second-order valence-electron chi connectivity index (χ2n) is 7.78. The van der Waals surface area contributed by atoms with Gasteiger partial charge in [-0.15, -0.1) is 0 Å². The number of carbonyl (C=O) groups excluding carboxylic acids is 2. The van der Waals surface area contributed by atoms with E-state index >= 15 is 0 Å². The van der Waals surface area contributed by atoms with Crippen molar-refractivity contribution in [2.75, 3.05) is 31.1 Å². The van der Waals surface area contributed by atoms with Crippen LogP contribution in [0.15, 0.2) is 77.7 Å². The molecule has 2 aromatic carbocycles. The zero-order valence-electron chi connectivity index (χ0n) is 18.0. The van der Waals surface area contributed by atoms with Gasteiger partial charge in [-0.2, -0.15) is 0 Å². The zero-order valence-corrected chi connectivity index (χ0v) is 18.0. The number of amides is 1. The zero-order chi connectivity index (χ0) is 24.2. The molecule has 0 unspecified atom stereocenters. The molecule has 0 aliphatic carbocycles. The molecule has 1 aromatic heterocycles. The number of halogens is 1. The molecule has 174 valence electrons. The van der Waals surface area contributed by atoms with Gasteiger partial charge >= 0.3 is 0 Å². The van der Waals surface area contributed by atoms with Gasteiger partial charge in [-0.1, -0.05) is 18.2 Å². The second kappa shape index (κ2) is 9.65. The normalized spacial score (nSPS) is 14.5. The Balaban J connectivity index is 1.60. The van der Waals surface area contributed by atoms with E-state index in [0.717, 1.165) is 4.57 Å². The van der Waals surface area contributed by atoms with Gasteiger partial charge in [-0.05, 0) is 30.3 Å². The van der Waals surface area contributed by atoms with Gasteiger partial charge < -0.3 is 9.80 Å². The van der Waals surface area contributed by atoms with Gasteiger partial charge in [-0.3, -0.25) is 29.1 Å². The van der Waals surface area contributed by atoms with Crippen molar-refractivity contribution in [2.45, 2.75) is 6.04 Å². The number of carbonyl (C=O) groups is 2. The molecule has 1 saturated heterocycles. The van der Waals surface area contributed by atoms with Gasteiger partial charge in [-0.25, -0.2) is 4.39 Å². The average molecular weight is 464 g/mol. The number of nitro groups is 1. The van der Waals surface area contributed by atoms with E-state index in [4.69, 9.17) is 0 Å². The van der Waals surface area contributed by atoms with Crippen LogP contribution in [0.5, 0.6) is 0 Å². The number of non-ortho nitro benzene ring substituents is 1. The molecule has 1 aliphatic heterocycles. The number of para-hydroxylation sites is 1. The van der Waals surface area contributed by atoms with Crippen molar-refractivity contribution in [2.24, 2.45) is 0 Å². The fourth-order valence-electron chi connectivity index (χ4n) is 3.96. The summed E-state index contributed by atoms with van der Waals surface area (Å²) in [5, 5.41) is 10.9. The van der Waals surface area contributed by atoms with Crippen molar-refractivity contribution < 1.29 is 18.9 Å². The first-order chi connectivity index (χ1) is 16.4. The van der Waals surface area contributed by atoms with Crippen LogP contribution in [0.2, 0.25) is 0 Å². The van der Waals surface area contributed by atoms with E-state index in [9.17, 15) is 28.9 Å². The lowest BCUT2D eigenvalue weighted by Crippen LogP contribution is -2.52. The number of aromatic nitrogens is 1. The topological polar surface area (TPSA) is 106 Å². The van der Waals surface area contributed by atoms with E-state index in [1.54, 1.807) is 24.3 Å². The third kappa shape index (κ3) is 4.56. The molecule has 2 heterocycles. The highest BCUT2D eigenvalue weighted by Crippen LogP contribution is 2.23. The Labute approximate surface area is 193 Å². The first-order valence-corrected chi connectivity index (χ1v) is 10.6. The predicted octanol–water partition coefficient (Wildman–Crippen LogP) is 2.67. The number of Topliss-reactive ketones (excluding diaryl/α,β-unsaturated/α-hetero) is 1. The SMILES string of the molecule is O=C(c1ccc([N+](=O)[O-])cc1)[C@@H](C(=O)N1CCN(c2ccccc2F)CC1)n1ccccc1=O. The standard InChI is InChI=1S/C24H21FN4O5/c25-19-5-1-2-6-20(19)26-13-15-27(16-14-26)24(32)22(28-12-4-3-7-21(28)30)23(31)17-8-10-18(11-9-17)29(33)34/h1-12,22H,13-16H2/t22-/m0/s1. The molecule has 1 atom stereocenters.